The van der Waals surface area contributed by atoms with Crippen LogP contribution in [0.2, 0.25) is 5.02 Å². The van der Waals surface area contributed by atoms with Crippen LogP contribution >= 0.6 is 11.6 Å². The van der Waals surface area contributed by atoms with Crippen molar-refractivity contribution in [2.75, 3.05) is 33.5 Å². The lowest BCUT2D eigenvalue weighted by molar-refractivity contribution is 0.0804. The molecule has 0 heterocycles. The molecular weight excluding hydrogens is 290 g/mol. The Morgan fingerprint density at radius 2 is 2.05 bits per heavy atom. The molecule has 0 unspecified atom stereocenters. The van der Waals surface area contributed by atoms with Crippen LogP contribution in [-0.4, -0.2) is 39.6 Å². The van der Waals surface area contributed by atoms with Crippen molar-refractivity contribution in [2.45, 2.75) is 31.8 Å². The number of hydrogen-bond donors (Lipinski definition) is 1. The first-order valence-electron chi connectivity index (χ1n) is 7.51. The van der Waals surface area contributed by atoms with Crippen molar-refractivity contribution in [3.63, 3.8) is 0 Å². The molecular formula is C16H24ClNO3. The van der Waals surface area contributed by atoms with Crippen LogP contribution in [0.3, 0.4) is 0 Å². The molecule has 0 aliphatic heterocycles. The first-order valence-corrected chi connectivity index (χ1v) is 7.89. The fourth-order valence-corrected chi connectivity index (χ4v) is 2.23. The van der Waals surface area contributed by atoms with Crippen molar-refractivity contribution < 1.29 is 14.2 Å². The third kappa shape index (κ3) is 6.22. The van der Waals surface area contributed by atoms with Crippen molar-refractivity contribution in [3.05, 3.63) is 28.8 Å². The average Bonchev–Trinajstić information content (AvgIpc) is 3.30. The van der Waals surface area contributed by atoms with Crippen molar-refractivity contribution in [3.8, 4) is 5.75 Å². The van der Waals surface area contributed by atoms with Crippen LogP contribution in [0.15, 0.2) is 18.2 Å². The van der Waals surface area contributed by atoms with E-state index in [9.17, 15) is 0 Å². The minimum Gasteiger partial charge on any atom is -0.491 e. The van der Waals surface area contributed by atoms with E-state index in [4.69, 9.17) is 25.8 Å². The summed E-state index contributed by atoms with van der Waals surface area (Å²) in [6, 6.07) is 6.43. The van der Waals surface area contributed by atoms with E-state index in [-0.39, 0.29) is 0 Å². The quantitative estimate of drug-likeness (QED) is 0.637. The van der Waals surface area contributed by atoms with Gasteiger partial charge in [-0.25, -0.2) is 0 Å². The SMILES string of the molecule is COCCCOCCOc1cccc(Cl)c1CNC1CC1. The highest BCUT2D eigenvalue weighted by atomic mass is 35.5. The minimum atomic E-state index is 0.532. The van der Waals surface area contributed by atoms with Crippen LogP contribution in [-0.2, 0) is 16.0 Å². The van der Waals surface area contributed by atoms with Crippen molar-refractivity contribution in [1.29, 1.82) is 0 Å². The molecule has 0 bridgehead atoms. The zero-order valence-electron chi connectivity index (χ0n) is 12.6. The maximum absolute atomic E-state index is 6.27. The van der Waals surface area contributed by atoms with Crippen molar-refractivity contribution in [1.82, 2.24) is 5.32 Å². The maximum Gasteiger partial charge on any atom is 0.125 e. The molecule has 0 amide bonds. The van der Waals surface area contributed by atoms with Gasteiger partial charge in [0, 0.05) is 43.5 Å². The van der Waals surface area contributed by atoms with Crippen molar-refractivity contribution in [2.24, 2.45) is 0 Å². The van der Waals surface area contributed by atoms with E-state index in [0.717, 1.165) is 35.9 Å². The second-order valence-corrected chi connectivity index (χ2v) is 5.59. The second-order valence-electron chi connectivity index (χ2n) is 5.18. The third-order valence-corrected chi connectivity index (χ3v) is 3.70. The number of ether oxygens (including phenoxy) is 3. The Balaban J connectivity index is 1.72. The zero-order chi connectivity index (χ0) is 14.9. The molecule has 1 fully saturated rings. The van der Waals surface area contributed by atoms with E-state index < -0.39 is 0 Å². The van der Waals surface area contributed by atoms with Gasteiger partial charge in [0.25, 0.3) is 0 Å². The molecule has 0 atom stereocenters. The number of hydrogen-bond acceptors (Lipinski definition) is 4. The lowest BCUT2D eigenvalue weighted by atomic mass is 10.2. The van der Waals surface area contributed by atoms with Gasteiger partial charge < -0.3 is 19.5 Å². The van der Waals surface area contributed by atoms with Crippen LogP contribution in [0.5, 0.6) is 5.75 Å². The van der Waals surface area contributed by atoms with Gasteiger partial charge in [0.15, 0.2) is 0 Å². The summed E-state index contributed by atoms with van der Waals surface area (Å²) in [6.07, 6.45) is 3.43. The van der Waals surface area contributed by atoms with Crippen LogP contribution in [0.25, 0.3) is 0 Å². The molecule has 0 saturated heterocycles. The molecule has 118 valence electrons. The van der Waals surface area contributed by atoms with Gasteiger partial charge in [-0.05, 0) is 31.4 Å². The van der Waals surface area contributed by atoms with Crippen molar-refractivity contribution >= 4 is 11.6 Å². The van der Waals surface area contributed by atoms with Gasteiger partial charge >= 0.3 is 0 Å². The van der Waals surface area contributed by atoms with Crippen LogP contribution in [0.1, 0.15) is 24.8 Å². The van der Waals surface area contributed by atoms with E-state index in [1.807, 2.05) is 18.2 Å². The summed E-state index contributed by atoms with van der Waals surface area (Å²) in [7, 11) is 1.69. The topological polar surface area (TPSA) is 39.7 Å². The normalized spacial score (nSPS) is 14.4. The fraction of sp³-hybridized carbons (Fsp3) is 0.625. The largest absolute Gasteiger partial charge is 0.491 e. The molecule has 0 radical (unpaired) electrons. The first kappa shape index (κ1) is 16.6. The highest BCUT2D eigenvalue weighted by Gasteiger charge is 2.21. The lowest BCUT2D eigenvalue weighted by Crippen LogP contribution is -2.17. The second kappa shape index (κ2) is 9.26. The van der Waals surface area contributed by atoms with Crippen LogP contribution < -0.4 is 10.1 Å². The van der Waals surface area contributed by atoms with E-state index >= 15 is 0 Å². The van der Waals surface area contributed by atoms with Gasteiger partial charge in [-0.1, -0.05) is 17.7 Å². The predicted molar refractivity (Wildman–Crippen MR) is 84.1 cm³/mol. The summed E-state index contributed by atoms with van der Waals surface area (Å²) in [5, 5.41) is 4.22. The number of rotatable bonds is 11. The predicted octanol–water partition coefficient (Wildman–Crippen LogP) is 3.02. The smallest absolute Gasteiger partial charge is 0.125 e. The summed E-state index contributed by atoms with van der Waals surface area (Å²) in [4.78, 5) is 0. The molecule has 0 aromatic heterocycles. The zero-order valence-corrected chi connectivity index (χ0v) is 13.3. The summed E-state index contributed by atoms with van der Waals surface area (Å²) < 4.78 is 16.2. The van der Waals surface area contributed by atoms with E-state index in [1.54, 1.807) is 7.11 Å². The van der Waals surface area contributed by atoms with Gasteiger partial charge in [0.2, 0.25) is 0 Å². The third-order valence-electron chi connectivity index (χ3n) is 3.34. The lowest BCUT2D eigenvalue weighted by Gasteiger charge is -2.13. The molecule has 1 aliphatic carbocycles. The highest BCUT2D eigenvalue weighted by molar-refractivity contribution is 6.31. The Hall–Kier alpha value is -0.810. The summed E-state index contributed by atoms with van der Waals surface area (Å²) in [5.41, 5.74) is 1.03. The fourth-order valence-electron chi connectivity index (χ4n) is 2.00. The molecule has 1 aromatic carbocycles. The Morgan fingerprint density at radius 1 is 1.19 bits per heavy atom. The highest BCUT2D eigenvalue weighted by Crippen LogP contribution is 2.28. The van der Waals surface area contributed by atoms with E-state index in [0.29, 0.717) is 25.9 Å². The molecule has 2 rings (SSSR count). The first-order chi connectivity index (χ1) is 10.3. The van der Waals surface area contributed by atoms with E-state index in [1.165, 1.54) is 12.8 Å². The number of methoxy groups -OCH3 is 1. The standard InChI is InChI=1S/C16H24ClNO3/c1-19-8-3-9-20-10-11-21-16-5-2-4-15(17)14(16)12-18-13-6-7-13/h2,4-5,13,18H,3,6-12H2,1H3. The molecule has 1 aliphatic rings. The monoisotopic (exact) mass is 313 g/mol. The van der Waals surface area contributed by atoms with E-state index in [2.05, 4.69) is 5.32 Å². The molecule has 5 heteroatoms. The maximum atomic E-state index is 6.27. The number of halogens is 1. The molecule has 4 nitrogen and oxygen atoms in total. The molecule has 0 spiro atoms. The van der Waals surface area contributed by atoms with Gasteiger partial charge in [-0.15, -0.1) is 0 Å². The van der Waals surface area contributed by atoms with Gasteiger partial charge in [-0.3, -0.25) is 0 Å². The molecule has 21 heavy (non-hydrogen) atoms. The summed E-state index contributed by atoms with van der Waals surface area (Å²) >= 11 is 6.27. The average molecular weight is 314 g/mol. The van der Waals surface area contributed by atoms with Crippen LogP contribution in [0, 0.1) is 0 Å². The minimum absolute atomic E-state index is 0.532. The Bertz CT molecular complexity index is 424. The summed E-state index contributed by atoms with van der Waals surface area (Å²) in [6.45, 7) is 3.29. The van der Waals surface area contributed by atoms with Gasteiger partial charge in [-0.2, -0.15) is 0 Å². The molecule has 1 saturated carbocycles. The molecule has 1 N–H and O–H groups in total. The Morgan fingerprint density at radius 3 is 2.81 bits per heavy atom. The van der Waals surface area contributed by atoms with Gasteiger partial charge in [0.1, 0.15) is 12.4 Å². The molecule has 1 aromatic rings. The number of nitrogens with one attached hydrogen (secondary N) is 1. The Labute approximate surface area is 131 Å². The summed E-state index contributed by atoms with van der Waals surface area (Å²) in [5.74, 6) is 0.844. The van der Waals surface area contributed by atoms with Gasteiger partial charge in [0.05, 0.1) is 6.61 Å². The Kier molecular flexibility index (Phi) is 7.30. The van der Waals surface area contributed by atoms with Crippen LogP contribution in [0.4, 0.5) is 0 Å². The number of benzene rings is 1.